The standard InChI is InChI=1S/C18H28N2O2/c1-18(2)12-15(20(3)4)10-11-16(18)19-17(21)22-13-14-8-6-5-7-9-14/h5-9,15-16H,10-13H2,1-4H3,(H,19,21)/t15-,16+/m0/s1. The van der Waals surface area contributed by atoms with Crippen molar-refractivity contribution in [3.05, 3.63) is 35.9 Å². The summed E-state index contributed by atoms with van der Waals surface area (Å²) in [5.74, 6) is 0. The van der Waals surface area contributed by atoms with Gasteiger partial charge in [-0.1, -0.05) is 44.2 Å². The first-order valence-corrected chi connectivity index (χ1v) is 8.02. The number of alkyl carbamates (subject to hydrolysis) is 1. The third kappa shape index (κ3) is 4.47. The Morgan fingerprint density at radius 3 is 2.55 bits per heavy atom. The average molecular weight is 304 g/mol. The number of hydrogen-bond donors (Lipinski definition) is 1. The molecule has 1 N–H and O–H groups in total. The highest BCUT2D eigenvalue weighted by atomic mass is 16.5. The summed E-state index contributed by atoms with van der Waals surface area (Å²) in [6, 6.07) is 10.5. The first-order chi connectivity index (χ1) is 10.4. The molecule has 122 valence electrons. The van der Waals surface area contributed by atoms with Gasteiger partial charge in [-0.3, -0.25) is 0 Å². The largest absolute Gasteiger partial charge is 0.445 e. The molecule has 2 atom stereocenters. The molecular weight excluding hydrogens is 276 g/mol. The van der Waals surface area contributed by atoms with E-state index >= 15 is 0 Å². The minimum atomic E-state index is -0.315. The van der Waals surface area contributed by atoms with Crippen LogP contribution in [0.5, 0.6) is 0 Å². The Labute approximate surface area is 133 Å². The molecule has 0 aromatic heterocycles. The van der Waals surface area contributed by atoms with Crippen LogP contribution in [0.25, 0.3) is 0 Å². The number of nitrogens with zero attached hydrogens (tertiary/aromatic N) is 1. The number of carbonyl (C=O) groups is 1. The Bertz CT molecular complexity index is 485. The van der Waals surface area contributed by atoms with Gasteiger partial charge in [0.05, 0.1) is 0 Å². The van der Waals surface area contributed by atoms with E-state index in [-0.39, 0.29) is 17.6 Å². The van der Waals surface area contributed by atoms with Gasteiger partial charge in [-0.25, -0.2) is 4.79 Å². The summed E-state index contributed by atoms with van der Waals surface area (Å²) >= 11 is 0. The predicted molar refractivity (Wildman–Crippen MR) is 88.7 cm³/mol. The van der Waals surface area contributed by atoms with Crippen molar-refractivity contribution in [3.63, 3.8) is 0 Å². The number of hydrogen-bond acceptors (Lipinski definition) is 3. The van der Waals surface area contributed by atoms with E-state index < -0.39 is 0 Å². The maximum atomic E-state index is 12.0. The Morgan fingerprint density at radius 2 is 1.95 bits per heavy atom. The lowest BCUT2D eigenvalue weighted by Gasteiger charge is -2.44. The van der Waals surface area contributed by atoms with Crippen LogP contribution in [0.1, 0.15) is 38.7 Å². The lowest BCUT2D eigenvalue weighted by Crippen LogP contribution is -2.51. The highest BCUT2D eigenvalue weighted by Crippen LogP contribution is 2.37. The molecule has 1 aliphatic rings. The van der Waals surface area contributed by atoms with Crippen LogP contribution < -0.4 is 5.32 Å². The Morgan fingerprint density at radius 1 is 1.27 bits per heavy atom. The Hall–Kier alpha value is -1.55. The monoisotopic (exact) mass is 304 g/mol. The van der Waals surface area contributed by atoms with E-state index in [1.54, 1.807) is 0 Å². The van der Waals surface area contributed by atoms with Crippen LogP contribution in [0, 0.1) is 5.41 Å². The summed E-state index contributed by atoms with van der Waals surface area (Å²) in [5, 5.41) is 3.06. The van der Waals surface area contributed by atoms with Crippen LogP contribution in [0.4, 0.5) is 4.79 Å². The van der Waals surface area contributed by atoms with Gasteiger partial charge >= 0.3 is 6.09 Å². The second-order valence-electron chi connectivity index (χ2n) is 7.15. The first-order valence-electron chi connectivity index (χ1n) is 8.02. The molecule has 1 aliphatic carbocycles. The molecule has 0 radical (unpaired) electrons. The van der Waals surface area contributed by atoms with Gasteiger partial charge in [0.2, 0.25) is 0 Å². The van der Waals surface area contributed by atoms with Crippen molar-refractivity contribution in [1.82, 2.24) is 10.2 Å². The first kappa shape index (κ1) is 16.8. The van der Waals surface area contributed by atoms with E-state index in [1.807, 2.05) is 30.3 Å². The number of ether oxygens (including phenoxy) is 1. The van der Waals surface area contributed by atoms with Crippen LogP contribution in [0.15, 0.2) is 30.3 Å². The Kier molecular flexibility index (Phi) is 5.46. The minimum absolute atomic E-state index is 0.0823. The summed E-state index contributed by atoms with van der Waals surface area (Å²) in [6.45, 7) is 4.77. The lowest BCUT2D eigenvalue weighted by atomic mass is 9.71. The topological polar surface area (TPSA) is 41.6 Å². The van der Waals surface area contributed by atoms with E-state index in [9.17, 15) is 4.79 Å². The quantitative estimate of drug-likeness (QED) is 0.926. The maximum absolute atomic E-state index is 12.0. The molecule has 0 heterocycles. The van der Waals surface area contributed by atoms with Crippen molar-refractivity contribution >= 4 is 6.09 Å². The zero-order valence-electron chi connectivity index (χ0n) is 14.1. The molecule has 1 saturated carbocycles. The second-order valence-corrected chi connectivity index (χ2v) is 7.15. The van der Waals surface area contributed by atoms with E-state index in [2.05, 4.69) is 38.2 Å². The zero-order chi connectivity index (χ0) is 16.2. The van der Waals surface area contributed by atoms with Crippen molar-refractivity contribution < 1.29 is 9.53 Å². The molecule has 1 fully saturated rings. The number of rotatable bonds is 4. The molecule has 0 spiro atoms. The molecule has 4 heteroatoms. The van der Waals surface area contributed by atoms with Gasteiger partial charge < -0.3 is 15.0 Å². The van der Waals surface area contributed by atoms with E-state index in [4.69, 9.17) is 4.74 Å². The molecule has 0 aliphatic heterocycles. The fourth-order valence-electron chi connectivity index (χ4n) is 3.22. The van der Waals surface area contributed by atoms with Crippen molar-refractivity contribution in [2.24, 2.45) is 5.41 Å². The van der Waals surface area contributed by atoms with Crippen LogP contribution >= 0.6 is 0 Å². The molecule has 0 bridgehead atoms. The van der Waals surface area contributed by atoms with Crippen LogP contribution in [0.2, 0.25) is 0 Å². The highest BCUT2D eigenvalue weighted by molar-refractivity contribution is 5.67. The fraction of sp³-hybridized carbons (Fsp3) is 0.611. The summed E-state index contributed by atoms with van der Waals surface area (Å²) in [4.78, 5) is 14.3. The highest BCUT2D eigenvalue weighted by Gasteiger charge is 2.38. The van der Waals surface area contributed by atoms with Crippen molar-refractivity contribution in [2.75, 3.05) is 14.1 Å². The summed E-state index contributed by atoms with van der Waals surface area (Å²) in [7, 11) is 4.26. The lowest BCUT2D eigenvalue weighted by molar-refractivity contribution is 0.0789. The van der Waals surface area contributed by atoms with Gasteiger partial charge in [0.15, 0.2) is 0 Å². The molecule has 1 amide bonds. The molecule has 0 saturated heterocycles. The van der Waals surface area contributed by atoms with Gasteiger partial charge in [-0.15, -0.1) is 0 Å². The van der Waals surface area contributed by atoms with Crippen molar-refractivity contribution in [3.8, 4) is 0 Å². The van der Waals surface area contributed by atoms with Crippen LogP contribution in [-0.4, -0.2) is 37.2 Å². The van der Waals surface area contributed by atoms with Gasteiger partial charge in [0.25, 0.3) is 0 Å². The van der Waals surface area contributed by atoms with Crippen molar-refractivity contribution in [2.45, 2.75) is 51.8 Å². The average Bonchev–Trinajstić information content (AvgIpc) is 2.48. The maximum Gasteiger partial charge on any atom is 0.407 e. The number of carbonyl (C=O) groups excluding carboxylic acids is 1. The van der Waals surface area contributed by atoms with Crippen molar-refractivity contribution in [1.29, 1.82) is 0 Å². The fourth-order valence-corrected chi connectivity index (χ4v) is 3.22. The predicted octanol–water partition coefficient (Wildman–Crippen LogP) is 3.42. The molecule has 4 nitrogen and oxygen atoms in total. The smallest absolute Gasteiger partial charge is 0.407 e. The third-order valence-corrected chi connectivity index (χ3v) is 4.73. The zero-order valence-corrected chi connectivity index (χ0v) is 14.1. The minimum Gasteiger partial charge on any atom is -0.445 e. The normalized spacial score (nSPS) is 24.0. The van der Waals surface area contributed by atoms with E-state index in [0.29, 0.717) is 12.6 Å². The summed E-state index contributed by atoms with van der Waals surface area (Å²) in [5.41, 5.74) is 1.09. The summed E-state index contributed by atoms with van der Waals surface area (Å²) < 4.78 is 5.34. The van der Waals surface area contributed by atoms with E-state index in [0.717, 1.165) is 24.8 Å². The van der Waals surface area contributed by atoms with Gasteiger partial charge in [-0.2, -0.15) is 0 Å². The Balaban J connectivity index is 1.84. The number of amides is 1. The molecule has 22 heavy (non-hydrogen) atoms. The van der Waals surface area contributed by atoms with Crippen LogP contribution in [0.3, 0.4) is 0 Å². The SMILES string of the molecule is CN(C)[C@H]1CC[C@@H](NC(=O)OCc2ccccc2)C(C)(C)C1. The van der Waals surface area contributed by atoms with Gasteiger partial charge in [-0.05, 0) is 44.3 Å². The number of benzene rings is 1. The van der Waals surface area contributed by atoms with E-state index in [1.165, 1.54) is 0 Å². The van der Waals surface area contributed by atoms with Gasteiger partial charge in [0, 0.05) is 12.1 Å². The van der Waals surface area contributed by atoms with Gasteiger partial charge in [0.1, 0.15) is 6.61 Å². The summed E-state index contributed by atoms with van der Waals surface area (Å²) in [6.07, 6.45) is 2.88. The molecule has 0 unspecified atom stereocenters. The molecule has 1 aromatic rings. The third-order valence-electron chi connectivity index (χ3n) is 4.73. The molecule has 2 rings (SSSR count). The molecular formula is C18H28N2O2. The second kappa shape index (κ2) is 7.14. The number of nitrogens with one attached hydrogen (secondary N) is 1. The van der Waals surface area contributed by atoms with Crippen LogP contribution in [-0.2, 0) is 11.3 Å². The molecule has 1 aromatic carbocycles.